The zero-order valence-electron chi connectivity index (χ0n) is 12.6. The minimum Gasteiger partial charge on any atom is -0.459 e. The van der Waals surface area contributed by atoms with E-state index in [0.29, 0.717) is 18.1 Å². The number of aliphatic hydroxyl groups excluding tert-OH is 1. The van der Waals surface area contributed by atoms with Crippen LogP contribution in [-0.2, 0) is 13.2 Å². The van der Waals surface area contributed by atoms with E-state index in [0.717, 1.165) is 27.3 Å². The minimum absolute atomic E-state index is 0.114. The van der Waals surface area contributed by atoms with E-state index in [1.165, 1.54) is 0 Å². The summed E-state index contributed by atoms with van der Waals surface area (Å²) in [6, 6.07) is 9.48. The van der Waals surface area contributed by atoms with Gasteiger partial charge in [-0.25, -0.2) is 15.0 Å². The number of nitrogens with zero attached hydrogens (tertiary/aromatic N) is 3. The Morgan fingerprint density at radius 1 is 1.12 bits per heavy atom. The van der Waals surface area contributed by atoms with Crippen molar-refractivity contribution < 1.29 is 9.52 Å². The third-order valence-electron chi connectivity index (χ3n) is 3.63. The maximum Gasteiger partial charge on any atom is 0.137 e. The Hall–Kier alpha value is -2.77. The molecule has 0 aliphatic carbocycles. The smallest absolute Gasteiger partial charge is 0.137 e. The molecule has 4 aromatic rings. The van der Waals surface area contributed by atoms with Crippen LogP contribution in [0.4, 0.5) is 5.82 Å². The third-order valence-corrected chi connectivity index (χ3v) is 4.41. The molecule has 6 nitrogen and oxygen atoms in total. The number of aromatic nitrogens is 3. The molecule has 0 saturated heterocycles. The Morgan fingerprint density at radius 3 is 2.88 bits per heavy atom. The van der Waals surface area contributed by atoms with Crippen LogP contribution in [0.5, 0.6) is 0 Å². The van der Waals surface area contributed by atoms with Gasteiger partial charge in [-0.3, -0.25) is 0 Å². The van der Waals surface area contributed by atoms with E-state index < -0.39 is 0 Å². The molecule has 7 heteroatoms. The van der Waals surface area contributed by atoms with Gasteiger partial charge in [0.25, 0.3) is 0 Å². The molecule has 0 saturated carbocycles. The molecule has 0 bridgehead atoms. The van der Waals surface area contributed by atoms with Gasteiger partial charge >= 0.3 is 0 Å². The second kappa shape index (κ2) is 6.38. The average molecular weight is 338 g/mol. The molecular weight excluding hydrogens is 324 g/mol. The predicted octanol–water partition coefficient (Wildman–Crippen LogP) is 3.45. The molecule has 0 spiro atoms. The molecule has 3 aromatic heterocycles. The van der Waals surface area contributed by atoms with Gasteiger partial charge < -0.3 is 14.8 Å². The number of benzene rings is 1. The van der Waals surface area contributed by atoms with Gasteiger partial charge in [-0.15, -0.1) is 11.3 Å². The molecule has 2 N–H and O–H groups in total. The van der Waals surface area contributed by atoms with Crippen LogP contribution in [0.15, 0.2) is 52.7 Å². The highest BCUT2D eigenvalue weighted by atomic mass is 32.1. The van der Waals surface area contributed by atoms with Crippen molar-refractivity contribution in [2.45, 2.75) is 13.2 Å². The first-order valence-corrected chi connectivity index (χ1v) is 8.28. The lowest BCUT2D eigenvalue weighted by molar-refractivity contribution is 0.248. The van der Waals surface area contributed by atoms with E-state index in [-0.39, 0.29) is 6.61 Å². The van der Waals surface area contributed by atoms with Gasteiger partial charge in [0.2, 0.25) is 0 Å². The Kier molecular flexibility index (Phi) is 3.94. The molecule has 3 heterocycles. The van der Waals surface area contributed by atoms with Crippen LogP contribution in [0.2, 0.25) is 0 Å². The summed E-state index contributed by atoms with van der Waals surface area (Å²) in [6.45, 7) is 0.501. The molecule has 0 amide bonds. The van der Waals surface area contributed by atoms with Crippen molar-refractivity contribution in [1.29, 1.82) is 0 Å². The Labute approximate surface area is 141 Å². The first kappa shape index (κ1) is 14.8. The highest BCUT2D eigenvalue weighted by Crippen LogP contribution is 2.28. The number of furan rings is 1. The lowest BCUT2D eigenvalue weighted by Gasteiger charge is -2.08. The summed E-state index contributed by atoms with van der Waals surface area (Å²) >= 11 is 1.60. The second-order valence-corrected chi connectivity index (χ2v) is 6.14. The zero-order chi connectivity index (χ0) is 16.4. The molecule has 24 heavy (non-hydrogen) atoms. The molecule has 4 rings (SSSR count). The van der Waals surface area contributed by atoms with E-state index in [4.69, 9.17) is 9.52 Å². The van der Waals surface area contributed by atoms with Crippen molar-refractivity contribution in [3.63, 3.8) is 0 Å². The first-order chi connectivity index (χ1) is 11.8. The van der Waals surface area contributed by atoms with E-state index in [9.17, 15) is 0 Å². The number of hydrogen-bond acceptors (Lipinski definition) is 7. The normalized spacial score (nSPS) is 11.0. The van der Waals surface area contributed by atoms with Gasteiger partial charge in [-0.2, -0.15) is 0 Å². The van der Waals surface area contributed by atoms with Crippen LogP contribution in [0.25, 0.3) is 22.2 Å². The predicted molar refractivity (Wildman–Crippen MR) is 92.6 cm³/mol. The van der Waals surface area contributed by atoms with Gasteiger partial charge in [0.15, 0.2) is 0 Å². The van der Waals surface area contributed by atoms with Crippen LogP contribution in [0, 0.1) is 0 Å². The topological polar surface area (TPSA) is 84.1 Å². The number of aliphatic hydroxyl groups is 1. The fourth-order valence-corrected chi connectivity index (χ4v) is 3.02. The lowest BCUT2D eigenvalue weighted by Crippen LogP contribution is -2.02. The summed E-state index contributed by atoms with van der Waals surface area (Å²) in [5, 5.41) is 16.3. The van der Waals surface area contributed by atoms with Crippen molar-refractivity contribution in [3.05, 3.63) is 59.0 Å². The number of fused-ring (bicyclic) bond motifs is 1. The number of nitrogens with one attached hydrogen (secondary N) is 1. The number of anilines is 1. The highest BCUT2D eigenvalue weighted by Gasteiger charge is 2.09. The number of rotatable bonds is 5. The van der Waals surface area contributed by atoms with Gasteiger partial charge in [0.05, 0.1) is 12.1 Å². The van der Waals surface area contributed by atoms with Gasteiger partial charge in [-0.05, 0) is 30.3 Å². The van der Waals surface area contributed by atoms with E-state index in [1.54, 1.807) is 29.9 Å². The molecule has 0 atom stereocenters. The third kappa shape index (κ3) is 2.86. The molecule has 1 aromatic carbocycles. The molecule has 0 aliphatic heterocycles. The van der Waals surface area contributed by atoms with Crippen molar-refractivity contribution in [2.24, 2.45) is 0 Å². The lowest BCUT2D eigenvalue weighted by atomic mass is 10.1. The molecule has 0 unspecified atom stereocenters. The molecule has 0 aliphatic rings. The van der Waals surface area contributed by atoms with Crippen LogP contribution < -0.4 is 5.32 Å². The monoisotopic (exact) mass is 338 g/mol. The number of hydrogen-bond donors (Lipinski definition) is 2. The standard InChI is InChI=1S/C17H14N4O2S/c22-9-12-2-4-15(23-12)11-1-3-14-13(7-11)17(21-10-20-14)19-8-16-18-5-6-24-16/h1-7,10,22H,8-9H2,(H,19,20,21). The maximum atomic E-state index is 9.15. The molecule has 0 fully saturated rings. The van der Waals surface area contributed by atoms with Crippen molar-refractivity contribution in [3.8, 4) is 11.3 Å². The first-order valence-electron chi connectivity index (χ1n) is 7.40. The second-order valence-electron chi connectivity index (χ2n) is 5.16. The SMILES string of the molecule is OCc1ccc(-c2ccc3ncnc(NCc4nccs4)c3c2)o1. The highest BCUT2D eigenvalue weighted by molar-refractivity contribution is 7.09. The summed E-state index contributed by atoms with van der Waals surface area (Å²) in [5.41, 5.74) is 1.76. The average Bonchev–Trinajstić information content (AvgIpc) is 3.31. The van der Waals surface area contributed by atoms with Crippen LogP contribution in [0.1, 0.15) is 10.8 Å². The Morgan fingerprint density at radius 2 is 2.08 bits per heavy atom. The van der Waals surface area contributed by atoms with Crippen LogP contribution in [-0.4, -0.2) is 20.1 Å². The van der Waals surface area contributed by atoms with Gasteiger partial charge in [-0.1, -0.05) is 0 Å². The van der Waals surface area contributed by atoms with Crippen molar-refractivity contribution in [2.75, 3.05) is 5.32 Å². The van der Waals surface area contributed by atoms with Gasteiger partial charge in [0, 0.05) is 22.5 Å². The quantitative estimate of drug-likeness (QED) is 0.580. The largest absolute Gasteiger partial charge is 0.459 e. The van der Waals surface area contributed by atoms with E-state index in [2.05, 4.69) is 20.3 Å². The summed E-state index contributed by atoms with van der Waals surface area (Å²) in [5.74, 6) is 2.00. The minimum atomic E-state index is -0.114. The maximum absolute atomic E-state index is 9.15. The van der Waals surface area contributed by atoms with E-state index in [1.807, 2.05) is 29.6 Å². The van der Waals surface area contributed by atoms with Crippen LogP contribution >= 0.6 is 11.3 Å². The van der Waals surface area contributed by atoms with Crippen LogP contribution in [0.3, 0.4) is 0 Å². The van der Waals surface area contributed by atoms with Crippen molar-refractivity contribution >= 4 is 28.1 Å². The molecule has 120 valence electrons. The fraction of sp³-hybridized carbons (Fsp3) is 0.118. The van der Waals surface area contributed by atoms with Gasteiger partial charge in [0.1, 0.15) is 35.3 Å². The fourth-order valence-electron chi connectivity index (χ4n) is 2.47. The van der Waals surface area contributed by atoms with Crippen molar-refractivity contribution in [1.82, 2.24) is 15.0 Å². The summed E-state index contributed by atoms with van der Waals surface area (Å²) in [4.78, 5) is 12.9. The summed E-state index contributed by atoms with van der Waals surface area (Å²) in [7, 11) is 0. The summed E-state index contributed by atoms with van der Waals surface area (Å²) in [6.07, 6.45) is 3.33. The number of thiazole rings is 1. The zero-order valence-corrected chi connectivity index (χ0v) is 13.5. The van der Waals surface area contributed by atoms with E-state index >= 15 is 0 Å². The Bertz CT molecular complexity index is 966. The molecular formula is C17H14N4O2S. The summed E-state index contributed by atoms with van der Waals surface area (Å²) < 4.78 is 5.61. The Balaban J connectivity index is 1.70. The molecule has 0 radical (unpaired) electrons.